The van der Waals surface area contributed by atoms with Crippen molar-refractivity contribution in [2.24, 2.45) is 0 Å². The van der Waals surface area contributed by atoms with E-state index in [2.05, 4.69) is 9.78 Å². The van der Waals surface area contributed by atoms with Gasteiger partial charge in [-0.3, -0.25) is 9.68 Å². The molecule has 0 spiro atoms. The van der Waals surface area contributed by atoms with Crippen molar-refractivity contribution in [1.82, 2.24) is 0 Å². The van der Waals surface area contributed by atoms with Crippen LogP contribution in [0.3, 0.4) is 0 Å². The molecule has 0 heterocycles. The van der Waals surface area contributed by atoms with Crippen LogP contribution in [-0.2, 0) is 19.4 Å². The van der Waals surface area contributed by atoms with E-state index in [9.17, 15) is 9.59 Å². The number of ketones is 1. The second kappa shape index (κ2) is 7.73. The van der Waals surface area contributed by atoms with Gasteiger partial charge in [0.2, 0.25) is 0 Å². The lowest BCUT2D eigenvalue weighted by Gasteiger charge is -2.00. The van der Waals surface area contributed by atoms with E-state index in [0.717, 1.165) is 12.8 Å². The van der Waals surface area contributed by atoms with E-state index in [0.29, 0.717) is 13.0 Å². The van der Waals surface area contributed by atoms with Crippen molar-refractivity contribution in [3.63, 3.8) is 0 Å². The van der Waals surface area contributed by atoms with Gasteiger partial charge >= 0.3 is 5.97 Å². The molecule has 0 saturated heterocycles. The largest absolute Gasteiger partial charge is 0.349 e. The van der Waals surface area contributed by atoms with Gasteiger partial charge < -0.3 is 0 Å². The van der Waals surface area contributed by atoms with Crippen LogP contribution in [0.2, 0.25) is 0 Å². The van der Waals surface area contributed by atoms with Crippen molar-refractivity contribution in [2.75, 3.05) is 6.61 Å². The summed E-state index contributed by atoms with van der Waals surface area (Å²) in [5.74, 6) is -0.709. The van der Waals surface area contributed by atoms with Gasteiger partial charge in [-0.05, 0) is 12.8 Å². The third kappa shape index (κ3) is 7.46. The second-order valence-corrected chi connectivity index (χ2v) is 2.74. The Hall–Kier alpha value is -0.900. The third-order valence-electron chi connectivity index (χ3n) is 1.31. The van der Waals surface area contributed by atoms with E-state index in [1.54, 1.807) is 0 Å². The molecular formula is C9H16O4. The number of hydrogen-bond acceptors (Lipinski definition) is 4. The fraction of sp³-hybridized carbons (Fsp3) is 0.778. The van der Waals surface area contributed by atoms with Crippen LogP contribution >= 0.6 is 0 Å². The highest BCUT2D eigenvalue weighted by Crippen LogP contribution is 1.96. The lowest BCUT2D eigenvalue weighted by atomic mass is 10.2. The van der Waals surface area contributed by atoms with Crippen molar-refractivity contribution in [1.29, 1.82) is 0 Å². The number of carbonyl (C=O) groups excluding carboxylic acids is 2. The average molecular weight is 188 g/mol. The Bertz CT molecular complexity index is 165. The first-order valence-corrected chi connectivity index (χ1v) is 4.54. The van der Waals surface area contributed by atoms with Gasteiger partial charge in [-0.25, -0.2) is 4.79 Å². The molecule has 4 heteroatoms. The number of carbonyl (C=O) groups is 2. The first-order chi connectivity index (χ1) is 6.20. The molecule has 0 amide bonds. The monoisotopic (exact) mass is 188 g/mol. The zero-order valence-corrected chi connectivity index (χ0v) is 8.17. The molecule has 4 nitrogen and oxygen atoms in total. The molecule has 0 fully saturated rings. The molecular weight excluding hydrogens is 172 g/mol. The first-order valence-electron chi connectivity index (χ1n) is 4.54. The normalized spacial score (nSPS) is 9.69. The summed E-state index contributed by atoms with van der Waals surface area (Å²) in [6.45, 7) is 4.15. The minimum atomic E-state index is -0.605. The molecule has 0 aliphatic carbocycles. The van der Waals surface area contributed by atoms with Gasteiger partial charge in [0.15, 0.2) is 0 Å². The topological polar surface area (TPSA) is 52.6 Å². The summed E-state index contributed by atoms with van der Waals surface area (Å²) in [6.07, 6.45) is 1.76. The van der Waals surface area contributed by atoms with Crippen LogP contribution in [0.15, 0.2) is 0 Å². The summed E-state index contributed by atoms with van der Waals surface area (Å²) >= 11 is 0. The van der Waals surface area contributed by atoms with Crippen LogP contribution in [0.1, 0.15) is 39.5 Å². The van der Waals surface area contributed by atoms with Gasteiger partial charge in [0.1, 0.15) is 12.2 Å². The summed E-state index contributed by atoms with van der Waals surface area (Å²) in [5.41, 5.74) is 0. The Kier molecular flexibility index (Phi) is 7.20. The zero-order chi connectivity index (χ0) is 10.1. The van der Waals surface area contributed by atoms with Crippen LogP contribution < -0.4 is 0 Å². The highest BCUT2D eigenvalue weighted by Gasteiger charge is 2.10. The number of hydrogen-bond donors (Lipinski definition) is 0. The van der Waals surface area contributed by atoms with Crippen molar-refractivity contribution in [3.8, 4) is 0 Å². The fourth-order valence-corrected chi connectivity index (χ4v) is 0.748. The van der Waals surface area contributed by atoms with Crippen molar-refractivity contribution in [3.05, 3.63) is 0 Å². The van der Waals surface area contributed by atoms with E-state index >= 15 is 0 Å². The Labute approximate surface area is 78.1 Å². The van der Waals surface area contributed by atoms with Gasteiger partial charge in [-0.15, -0.1) is 0 Å². The van der Waals surface area contributed by atoms with E-state index in [-0.39, 0.29) is 12.2 Å². The number of Topliss-reactive ketones (excluding diaryl/α,β-unsaturated/α-hetero) is 1. The maximum atomic E-state index is 10.9. The van der Waals surface area contributed by atoms with E-state index < -0.39 is 5.97 Å². The van der Waals surface area contributed by atoms with E-state index in [1.165, 1.54) is 0 Å². The minimum Gasteiger partial charge on any atom is -0.299 e. The summed E-state index contributed by atoms with van der Waals surface area (Å²) in [4.78, 5) is 30.6. The van der Waals surface area contributed by atoms with Gasteiger partial charge in [0.25, 0.3) is 0 Å². The maximum Gasteiger partial charge on any atom is 0.349 e. The van der Waals surface area contributed by atoms with Crippen LogP contribution in [0, 0.1) is 0 Å². The molecule has 0 N–H and O–H groups in total. The van der Waals surface area contributed by atoms with Gasteiger partial charge in [-0.1, -0.05) is 13.8 Å². The summed E-state index contributed by atoms with van der Waals surface area (Å²) in [7, 11) is 0. The zero-order valence-electron chi connectivity index (χ0n) is 8.17. The standard InChI is InChI=1S/C9H16O4/c1-3-5-8(10)7-9(11)13-12-6-4-2/h3-7H2,1-2H3. The van der Waals surface area contributed by atoms with Crippen molar-refractivity contribution < 1.29 is 19.4 Å². The molecule has 0 aliphatic heterocycles. The number of rotatable bonds is 7. The quantitative estimate of drug-likeness (QED) is 0.264. The molecule has 0 saturated carbocycles. The first kappa shape index (κ1) is 12.1. The van der Waals surface area contributed by atoms with Gasteiger partial charge in [0, 0.05) is 6.42 Å². The van der Waals surface area contributed by atoms with Crippen LogP contribution in [-0.4, -0.2) is 18.4 Å². The van der Waals surface area contributed by atoms with Crippen LogP contribution in [0.25, 0.3) is 0 Å². The fourth-order valence-electron chi connectivity index (χ4n) is 0.748. The smallest absolute Gasteiger partial charge is 0.299 e. The minimum absolute atomic E-state index is 0.104. The Morgan fingerprint density at radius 2 is 1.85 bits per heavy atom. The summed E-state index contributed by atoms with van der Waals surface area (Å²) in [5, 5.41) is 0. The van der Waals surface area contributed by atoms with Gasteiger partial charge in [-0.2, -0.15) is 4.89 Å². The molecule has 13 heavy (non-hydrogen) atoms. The Balaban J connectivity index is 3.44. The Morgan fingerprint density at radius 1 is 1.15 bits per heavy atom. The Morgan fingerprint density at radius 3 is 2.38 bits per heavy atom. The molecule has 0 aromatic heterocycles. The van der Waals surface area contributed by atoms with Crippen molar-refractivity contribution >= 4 is 11.8 Å². The average Bonchev–Trinajstić information content (AvgIpc) is 2.05. The predicted molar refractivity (Wildman–Crippen MR) is 46.9 cm³/mol. The molecule has 0 aromatic rings. The second-order valence-electron chi connectivity index (χ2n) is 2.74. The molecule has 0 unspecified atom stereocenters. The molecule has 76 valence electrons. The van der Waals surface area contributed by atoms with Crippen LogP contribution in [0.4, 0.5) is 0 Å². The summed E-state index contributed by atoms with van der Waals surface area (Å²) < 4.78 is 0. The van der Waals surface area contributed by atoms with Crippen LogP contribution in [0.5, 0.6) is 0 Å². The lowest BCUT2D eigenvalue weighted by Crippen LogP contribution is -2.11. The molecule has 0 atom stereocenters. The molecule has 0 radical (unpaired) electrons. The molecule has 0 rings (SSSR count). The SMILES string of the molecule is CCCOOC(=O)CC(=O)CCC. The predicted octanol–water partition coefficient (Wildman–Crippen LogP) is 1.63. The molecule has 0 bridgehead atoms. The third-order valence-corrected chi connectivity index (χ3v) is 1.31. The molecule has 0 aromatic carbocycles. The van der Waals surface area contributed by atoms with E-state index in [4.69, 9.17) is 0 Å². The summed E-state index contributed by atoms with van der Waals surface area (Å²) in [6, 6.07) is 0. The maximum absolute atomic E-state index is 10.9. The van der Waals surface area contributed by atoms with Gasteiger partial charge in [0.05, 0.1) is 6.61 Å². The van der Waals surface area contributed by atoms with Crippen molar-refractivity contribution in [2.45, 2.75) is 39.5 Å². The molecule has 0 aliphatic rings. The van der Waals surface area contributed by atoms with E-state index in [1.807, 2.05) is 13.8 Å². The highest BCUT2D eigenvalue weighted by atomic mass is 17.2. The highest BCUT2D eigenvalue weighted by molar-refractivity contribution is 5.95. The lowest BCUT2D eigenvalue weighted by molar-refractivity contribution is -0.271.